The van der Waals surface area contributed by atoms with Gasteiger partial charge in [0.05, 0.1) is 0 Å². The Morgan fingerprint density at radius 3 is 2.50 bits per heavy atom. The van der Waals surface area contributed by atoms with Crippen LogP contribution in [-0.4, -0.2) is 0 Å². The summed E-state index contributed by atoms with van der Waals surface area (Å²) < 4.78 is 9.99. The van der Waals surface area contributed by atoms with Gasteiger partial charge in [0, 0.05) is 5.82 Å². The van der Waals surface area contributed by atoms with Crippen molar-refractivity contribution in [1.29, 1.82) is 0 Å². The largest absolute Gasteiger partial charge is 0.270 e. The third-order valence-corrected chi connectivity index (χ3v) is 1.40. The molecule has 0 heterocycles. The van der Waals surface area contributed by atoms with Crippen LogP contribution in [0.5, 0.6) is 0 Å². The van der Waals surface area contributed by atoms with Crippen LogP contribution in [0.2, 0.25) is 0 Å². The van der Waals surface area contributed by atoms with Gasteiger partial charge in [0.2, 0.25) is 0 Å². The maximum atomic E-state index is 9.99. The molecule has 0 radical (unpaired) electrons. The molecule has 1 aromatic rings. The molecule has 1 aromatic carbocycles. The van der Waals surface area contributed by atoms with Crippen molar-refractivity contribution in [3.63, 3.8) is 0 Å². The van der Waals surface area contributed by atoms with Gasteiger partial charge in [-0.2, -0.15) is 0 Å². The zero-order valence-electron chi connectivity index (χ0n) is 5.40. The monoisotopic (exact) mass is 150 g/mol. The van der Waals surface area contributed by atoms with E-state index >= 15 is 0 Å². The first-order valence-electron chi connectivity index (χ1n) is 2.97. The number of rotatable bonds is 2. The highest BCUT2D eigenvalue weighted by Gasteiger charge is 1.79. The van der Waals surface area contributed by atoms with E-state index < -0.39 is 0 Å². The predicted octanol–water partition coefficient (Wildman–Crippen LogP) is 2.95. The minimum absolute atomic E-state index is 0.0593. The Balaban J connectivity index is 2.76. The molecule has 0 atom stereocenters. The number of benzene rings is 1. The average Bonchev–Trinajstić information content (AvgIpc) is 2.03. The van der Waals surface area contributed by atoms with Gasteiger partial charge < -0.3 is 0 Å². The van der Waals surface area contributed by atoms with Gasteiger partial charge in [-0.25, -0.2) is 0 Å². The van der Waals surface area contributed by atoms with E-state index in [0.717, 1.165) is 5.56 Å². The van der Waals surface area contributed by atoms with Crippen molar-refractivity contribution in [2.75, 3.05) is 0 Å². The molecule has 1 nitrogen and oxygen atoms in total. The highest BCUT2D eigenvalue weighted by Crippen LogP contribution is 2.04. The minimum atomic E-state index is 0.0593. The van der Waals surface area contributed by atoms with Crippen molar-refractivity contribution >= 4 is 14.5 Å². The molecule has 0 saturated heterocycles. The Labute approximate surface area is 61.6 Å². The third kappa shape index (κ3) is 2.12. The average molecular weight is 150 g/mol. The Bertz CT molecular complexity index is 228. The quantitative estimate of drug-likeness (QED) is 0.592. The summed E-state index contributed by atoms with van der Waals surface area (Å²) in [5.74, 6) is 1.58. The van der Waals surface area contributed by atoms with Gasteiger partial charge in [-0.3, -0.25) is 4.57 Å². The van der Waals surface area contributed by atoms with Gasteiger partial charge in [-0.05, 0) is 11.6 Å². The number of hydrogen-bond acceptors (Lipinski definition) is 1. The van der Waals surface area contributed by atoms with Crippen molar-refractivity contribution in [2.45, 2.75) is 0 Å². The van der Waals surface area contributed by atoms with E-state index in [-0.39, 0.29) is 8.46 Å². The number of hydrogen-bond donors (Lipinski definition) is 0. The molecule has 0 fully saturated rings. The van der Waals surface area contributed by atoms with E-state index in [1.54, 1.807) is 5.82 Å². The summed E-state index contributed by atoms with van der Waals surface area (Å²) in [5, 5.41) is 0. The van der Waals surface area contributed by atoms with Crippen LogP contribution in [0.3, 0.4) is 0 Å². The Morgan fingerprint density at radius 2 is 1.90 bits per heavy atom. The molecule has 0 unspecified atom stereocenters. The van der Waals surface area contributed by atoms with E-state index in [1.165, 1.54) is 0 Å². The second-order valence-electron chi connectivity index (χ2n) is 1.83. The molecule has 0 aliphatic rings. The Morgan fingerprint density at radius 1 is 1.20 bits per heavy atom. The smallest absolute Gasteiger partial charge is 0.184 e. The van der Waals surface area contributed by atoms with Gasteiger partial charge in [0.15, 0.2) is 8.46 Å². The Hall–Kier alpha value is -0.940. The minimum Gasteiger partial charge on any atom is -0.270 e. The van der Waals surface area contributed by atoms with Crippen molar-refractivity contribution < 1.29 is 4.57 Å². The maximum Gasteiger partial charge on any atom is 0.184 e. The van der Waals surface area contributed by atoms with Crippen molar-refractivity contribution in [3.8, 4) is 0 Å². The van der Waals surface area contributed by atoms with E-state index in [2.05, 4.69) is 0 Å². The van der Waals surface area contributed by atoms with E-state index in [4.69, 9.17) is 0 Å². The molecule has 1 rings (SSSR count). The molecule has 0 amide bonds. The van der Waals surface area contributed by atoms with Crippen molar-refractivity contribution in [3.05, 3.63) is 41.7 Å². The highest BCUT2D eigenvalue weighted by molar-refractivity contribution is 7.28. The lowest BCUT2D eigenvalue weighted by Crippen LogP contribution is -1.64. The van der Waals surface area contributed by atoms with Crippen LogP contribution in [-0.2, 0) is 4.57 Å². The lowest BCUT2D eigenvalue weighted by Gasteiger charge is -1.86. The summed E-state index contributed by atoms with van der Waals surface area (Å²) in [4.78, 5) is 0. The van der Waals surface area contributed by atoms with Crippen LogP contribution in [0.25, 0.3) is 6.08 Å². The van der Waals surface area contributed by atoms with Crippen molar-refractivity contribution in [1.82, 2.24) is 0 Å². The molecule has 0 aliphatic carbocycles. The first kappa shape index (κ1) is 7.17. The first-order valence-corrected chi connectivity index (χ1v) is 3.86. The Kier molecular flexibility index (Phi) is 2.85. The normalized spacial score (nSPS) is 10.8. The highest BCUT2D eigenvalue weighted by atomic mass is 31.1. The first-order chi connectivity index (χ1) is 4.93. The standard InChI is InChI=1S/C8H7OP/c9-10-7-6-8-4-2-1-3-5-8/h1-7H. The van der Waals surface area contributed by atoms with Gasteiger partial charge in [-0.1, -0.05) is 30.3 Å². The molecule has 0 aliphatic heterocycles. The summed E-state index contributed by atoms with van der Waals surface area (Å²) in [6.45, 7) is 0. The molecule has 0 saturated carbocycles. The lowest BCUT2D eigenvalue weighted by atomic mass is 10.2. The topological polar surface area (TPSA) is 17.1 Å². The summed E-state index contributed by atoms with van der Waals surface area (Å²) in [6, 6.07) is 9.76. The molecule has 0 N–H and O–H groups in total. The van der Waals surface area contributed by atoms with Crippen LogP contribution in [0, 0.1) is 0 Å². The summed E-state index contributed by atoms with van der Waals surface area (Å²) in [6.07, 6.45) is 1.81. The fraction of sp³-hybridized carbons (Fsp3) is 0. The van der Waals surface area contributed by atoms with Crippen LogP contribution in [0.15, 0.2) is 36.1 Å². The summed E-state index contributed by atoms with van der Waals surface area (Å²) in [5.41, 5.74) is 1.07. The maximum absolute atomic E-state index is 9.99. The van der Waals surface area contributed by atoms with Gasteiger partial charge >= 0.3 is 0 Å². The van der Waals surface area contributed by atoms with E-state index in [1.807, 2.05) is 36.4 Å². The molecule has 0 aromatic heterocycles. The second kappa shape index (κ2) is 3.97. The molecule has 0 spiro atoms. The third-order valence-electron chi connectivity index (χ3n) is 1.13. The molecule has 10 heavy (non-hydrogen) atoms. The second-order valence-corrected chi connectivity index (χ2v) is 2.34. The van der Waals surface area contributed by atoms with Crippen LogP contribution in [0.1, 0.15) is 5.56 Å². The molecular formula is C8H7OP. The van der Waals surface area contributed by atoms with Gasteiger partial charge in [0.1, 0.15) is 0 Å². The summed E-state index contributed by atoms with van der Waals surface area (Å²) in [7, 11) is 0.0593. The fourth-order valence-corrected chi connectivity index (χ4v) is 0.914. The molecule has 2 heteroatoms. The molecular weight excluding hydrogens is 143 g/mol. The van der Waals surface area contributed by atoms with Crippen LogP contribution in [0.4, 0.5) is 0 Å². The van der Waals surface area contributed by atoms with Gasteiger partial charge in [0.25, 0.3) is 0 Å². The zero-order chi connectivity index (χ0) is 7.23. The van der Waals surface area contributed by atoms with Crippen LogP contribution < -0.4 is 0 Å². The molecule has 0 bridgehead atoms. The lowest BCUT2D eigenvalue weighted by molar-refractivity contribution is 0.603. The van der Waals surface area contributed by atoms with Gasteiger partial charge in [-0.15, -0.1) is 0 Å². The zero-order valence-corrected chi connectivity index (χ0v) is 6.29. The molecule has 50 valence electrons. The SMILES string of the molecule is O=PC=Cc1ccccc1. The van der Waals surface area contributed by atoms with Crippen LogP contribution >= 0.6 is 8.46 Å². The predicted molar refractivity (Wildman–Crippen MR) is 43.1 cm³/mol. The van der Waals surface area contributed by atoms with Crippen molar-refractivity contribution in [2.24, 2.45) is 0 Å². The summed E-state index contributed by atoms with van der Waals surface area (Å²) >= 11 is 0. The van der Waals surface area contributed by atoms with E-state index in [0.29, 0.717) is 0 Å². The fourth-order valence-electron chi connectivity index (χ4n) is 0.681. The van der Waals surface area contributed by atoms with E-state index in [9.17, 15) is 4.57 Å².